The smallest absolute Gasteiger partial charge is 0.224 e. The first-order valence-corrected chi connectivity index (χ1v) is 8.34. The van der Waals surface area contributed by atoms with Crippen molar-refractivity contribution >= 4 is 11.6 Å². The molecule has 3 aromatic carbocycles. The van der Waals surface area contributed by atoms with Gasteiger partial charge in [0.05, 0.1) is 13.7 Å². The van der Waals surface area contributed by atoms with Crippen LogP contribution in [0.25, 0.3) is 11.1 Å². The Bertz CT molecular complexity index is 889. The van der Waals surface area contributed by atoms with E-state index in [2.05, 4.69) is 0 Å². The number of nitrogens with zero attached hydrogens (tertiary/aromatic N) is 1. The van der Waals surface area contributed by atoms with E-state index in [9.17, 15) is 9.18 Å². The summed E-state index contributed by atoms with van der Waals surface area (Å²) in [5.41, 5.74) is 3.70. The molecule has 132 valence electrons. The molecule has 0 N–H and O–H groups in total. The lowest BCUT2D eigenvalue weighted by Crippen LogP contribution is -2.27. The van der Waals surface area contributed by atoms with E-state index in [0.717, 1.165) is 22.4 Å². The van der Waals surface area contributed by atoms with E-state index in [0.29, 0.717) is 12.2 Å². The summed E-state index contributed by atoms with van der Waals surface area (Å²) in [7, 11) is 1.64. The Hall–Kier alpha value is -3.14. The van der Waals surface area contributed by atoms with E-state index in [1.807, 2.05) is 48.5 Å². The third-order valence-corrected chi connectivity index (χ3v) is 4.22. The number of carbonyl (C=O) groups excluding carboxylic acids is 1. The van der Waals surface area contributed by atoms with Crippen LogP contribution < -0.4 is 9.64 Å². The fourth-order valence-electron chi connectivity index (χ4n) is 2.80. The summed E-state index contributed by atoms with van der Waals surface area (Å²) in [6.07, 6.45) is 0. The standard InChI is InChI=1S/C22H20FNO2/c1-16(25)24(21-5-3-4-20(23)14-21)15-17-6-8-18(9-7-17)19-10-12-22(26-2)13-11-19/h3-14H,15H2,1-2H3. The fraction of sp³-hybridized carbons (Fsp3) is 0.136. The molecule has 0 heterocycles. The molecule has 0 radical (unpaired) electrons. The molecule has 0 aliphatic rings. The second kappa shape index (κ2) is 7.83. The Morgan fingerprint density at radius 2 is 1.58 bits per heavy atom. The Labute approximate surface area is 152 Å². The van der Waals surface area contributed by atoms with Crippen molar-refractivity contribution in [3.63, 3.8) is 0 Å². The highest BCUT2D eigenvalue weighted by Gasteiger charge is 2.13. The molecule has 3 nitrogen and oxygen atoms in total. The molecule has 0 bridgehead atoms. The highest BCUT2D eigenvalue weighted by molar-refractivity contribution is 5.91. The van der Waals surface area contributed by atoms with Gasteiger partial charge in [-0.3, -0.25) is 4.79 Å². The normalized spacial score (nSPS) is 10.4. The molecule has 0 saturated heterocycles. The Kier molecular flexibility index (Phi) is 5.32. The molecule has 0 aliphatic carbocycles. The zero-order valence-electron chi connectivity index (χ0n) is 14.8. The number of hydrogen-bond donors (Lipinski definition) is 0. The minimum absolute atomic E-state index is 0.130. The van der Waals surface area contributed by atoms with Gasteiger partial charge in [-0.15, -0.1) is 0 Å². The second-order valence-corrected chi connectivity index (χ2v) is 6.01. The molecule has 1 amide bonds. The van der Waals surface area contributed by atoms with Crippen LogP contribution in [0.2, 0.25) is 0 Å². The van der Waals surface area contributed by atoms with Crippen LogP contribution in [0.5, 0.6) is 5.75 Å². The van der Waals surface area contributed by atoms with Gasteiger partial charge in [-0.05, 0) is 47.0 Å². The zero-order valence-corrected chi connectivity index (χ0v) is 14.8. The van der Waals surface area contributed by atoms with Crippen molar-refractivity contribution in [2.24, 2.45) is 0 Å². The molecule has 4 heteroatoms. The van der Waals surface area contributed by atoms with Crippen molar-refractivity contribution < 1.29 is 13.9 Å². The van der Waals surface area contributed by atoms with Crippen molar-refractivity contribution in [3.8, 4) is 16.9 Å². The maximum Gasteiger partial charge on any atom is 0.224 e. The number of methoxy groups -OCH3 is 1. The van der Waals surface area contributed by atoms with Crippen molar-refractivity contribution in [2.45, 2.75) is 13.5 Å². The number of rotatable bonds is 5. The van der Waals surface area contributed by atoms with Gasteiger partial charge < -0.3 is 9.64 Å². The lowest BCUT2D eigenvalue weighted by Gasteiger charge is -2.21. The van der Waals surface area contributed by atoms with Crippen molar-refractivity contribution in [1.29, 1.82) is 0 Å². The minimum Gasteiger partial charge on any atom is -0.497 e. The predicted molar refractivity (Wildman–Crippen MR) is 102 cm³/mol. The van der Waals surface area contributed by atoms with Crippen molar-refractivity contribution in [1.82, 2.24) is 0 Å². The summed E-state index contributed by atoms with van der Waals surface area (Å²) >= 11 is 0. The van der Waals surface area contributed by atoms with Gasteiger partial charge in [0.25, 0.3) is 0 Å². The third kappa shape index (κ3) is 4.09. The first kappa shape index (κ1) is 17.7. The lowest BCUT2D eigenvalue weighted by molar-refractivity contribution is -0.116. The van der Waals surface area contributed by atoms with E-state index < -0.39 is 0 Å². The van der Waals surface area contributed by atoms with Crippen molar-refractivity contribution in [3.05, 3.63) is 84.2 Å². The summed E-state index contributed by atoms with van der Waals surface area (Å²) < 4.78 is 18.7. The summed E-state index contributed by atoms with van der Waals surface area (Å²) in [4.78, 5) is 13.6. The van der Waals surface area contributed by atoms with Gasteiger partial charge in [0.15, 0.2) is 0 Å². The van der Waals surface area contributed by atoms with Crippen LogP contribution in [0.3, 0.4) is 0 Å². The van der Waals surface area contributed by atoms with E-state index in [1.54, 1.807) is 24.1 Å². The zero-order chi connectivity index (χ0) is 18.5. The molecule has 0 aromatic heterocycles. The number of ether oxygens (including phenoxy) is 1. The van der Waals surface area contributed by atoms with Crippen LogP contribution in [-0.4, -0.2) is 13.0 Å². The number of halogens is 1. The SMILES string of the molecule is COc1ccc(-c2ccc(CN(C(C)=O)c3cccc(F)c3)cc2)cc1. The number of amides is 1. The van der Waals surface area contributed by atoms with Gasteiger partial charge >= 0.3 is 0 Å². The molecule has 0 aliphatic heterocycles. The van der Waals surface area contributed by atoms with Gasteiger partial charge in [0.2, 0.25) is 5.91 Å². The number of hydrogen-bond acceptors (Lipinski definition) is 2. The van der Waals surface area contributed by atoms with Crippen LogP contribution in [0.1, 0.15) is 12.5 Å². The monoisotopic (exact) mass is 349 g/mol. The maximum atomic E-state index is 13.5. The summed E-state index contributed by atoms with van der Waals surface area (Å²) in [5, 5.41) is 0. The molecule has 26 heavy (non-hydrogen) atoms. The molecule has 3 aromatic rings. The molecule has 0 atom stereocenters. The number of anilines is 1. The number of carbonyl (C=O) groups is 1. The summed E-state index contributed by atoms with van der Waals surface area (Å²) in [6.45, 7) is 1.87. The molecule has 3 rings (SSSR count). The molecule has 0 saturated carbocycles. The molecule has 0 unspecified atom stereocenters. The Morgan fingerprint density at radius 3 is 2.12 bits per heavy atom. The molecule has 0 spiro atoms. The van der Waals surface area contributed by atoms with Crippen LogP contribution >= 0.6 is 0 Å². The minimum atomic E-state index is -0.358. The van der Waals surface area contributed by atoms with E-state index in [1.165, 1.54) is 19.1 Å². The molecular formula is C22H20FNO2. The van der Waals surface area contributed by atoms with E-state index >= 15 is 0 Å². The highest BCUT2D eigenvalue weighted by atomic mass is 19.1. The molecule has 0 fully saturated rings. The van der Waals surface area contributed by atoms with Crippen LogP contribution in [0, 0.1) is 5.82 Å². The first-order valence-electron chi connectivity index (χ1n) is 8.34. The molecular weight excluding hydrogens is 329 g/mol. The third-order valence-electron chi connectivity index (χ3n) is 4.22. The predicted octanol–water partition coefficient (Wildman–Crippen LogP) is 5.05. The maximum absolute atomic E-state index is 13.5. The van der Waals surface area contributed by atoms with E-state index in [4.69, 9.17) is 4.74 Å². The van der Waals surface area contributed by atoms with Gasteiger partial charge in [0.1, 0.15) is 11.6 Å². The summed E-state index contributed by atoms with van der Waals surface area (Å²) in [6, 6.07) is 21.9. The number of benzene rings is 3. The Balaban J connectivity index is 1.79. The van der Waals surface area contributed by atoms with Gasteiger partial charge in [-0.25, -0.2) is 4.39 Å². The quantitative estimate of drug-likeness (QED) is 0.645. The van der Waals surface area contributed by atoms with Crippen molar-refractivity contribution in [2.75, 3.05) is 12.0 Å². The highest BCUT2D eigenvalue weighted by Crippen LogP contribution is 2.24. The van der Waals surface area contributed by atoms with Crippen LogP contribution in [0.15, 0.2) is 72.8 Å². The fourth-order valence-corrected chi connectivity index (χ4v) is 2.80. The van der Waals surface area contributed by atoms with E-state index in [-0.39, 0.29) is 11.7 Å². The van der Waals surface area contributed by atoms with Gasteiger partial charge in [-0.1, -0.05) is 42.5 Å². The average molecular weight is 349 g/mol. The Morgan fingerprint density at radius 1 is 0.962 bits per heavy atom. The lowest BCUT2D eigenvalue weighted by atomic mass is 10.0. The summed E-state index contributed by atoms with van der Waals surface area (Å²) in [5.74, 6) is 0.330. The van der Waals surface area contributed by atoms with Crippen LogP contribution in [0.4, 0.5) is 10.1 Å². The van der Waals surface area contributed by atoms with Crippen LogP contribution in [-0.2, 0) is 11.3 Å². The van der Waals surface area contributed by atoms with Gasteiger partial charge in [0, 0.05) is 12.6 Å². The van der Waals surface area contributed by atoms with Gasteiger partial charge in [-0.2, -0.15) is 0 Å². The topological polar surface area (TPSA) is 29.5 Å². The second-order valence-electron chi connectivity index (χ2n) is 6.01. The largest absolute Gasteiger partial charge is 0.497 e. The average Bonchev–Trinajstić information content (AvgIpc) is 2.66. The first-order chi connectivity index (χ1) is 12.6.